The SMILES string of the molecule is CC(C)(C)OC(=O)[C@H](N)C(=O)Oc1ccccc1. The van der Waals surface area contributed by atoms with Crippen molar-refractivity contribution in [3.8, 4) is 5.75 Å². The smallest absolute Gasteiger partial charge is 0.340 e. The third-order valence-corrected chi connectivity index (χ3v) is 1.88. The molecule has 0 amide bonds. The van der Waals surface area contributed by atoms with Crippen LogP contribution in [0.15, 0.2) is 30.3 Å². The molecule has 1 aromatic carbocycles. The first kappa shape index (κ1) is 14.2. The first-order chi connectivity index (χ1) is 8.29. The summed E-state index contributed by atoms with van der Waals surface area (Å²) in [4.78, 5) is 23.1. The lowest BCUT2D eigenvalue weighted by molar-refractivity contribution is -0.161. The highest BCUT2D eigenvalue weighted by molar-refractivity contribution is 5.99. The number of carbonyl (C=O) groups is 2. The normalized spacial score (nSPS) is 12.7. The summed E-state index contributed by atoms with van der Waals surface area (Å²) in [5.74, 6) is -1.31. The van der Waals surface area contributed by atoms with Gasteiger partial charge in [0, 0.05) is 0 Å². The fourth-order valence-corrected chi connectivity index (χ4v) is 1.13. The number of hydrogen-bond donors (Lipinski definition) is 1. The highest BCUT2D eigenvalue weighted by Crippen LogP contribution is 2.11. The zero-order chi connectivity index (χ0) is 13.8. The lowest BCUT2D eigenvalue weighted by Gasteiger charge is -2.21. The second-order valence-corrected chi connectivity index (χ2v) is 4.75. The van der Waals surface area contributed by atoms with Crippen LogP contribution in [0.4, 0.5) is 0 Å². The van der Waals surface area contributed by atoms with Crippen LogP contribution in [0.3, 0.4) is 0 Å². The standard InChI is InChI=1S/C13H17NO4/c1-13(2,3)18-12(16)10(14)11(15)17-9-7-5-4-6-8-9/h4-8,10H,14H2,1-3H3/t10-/m1/s1. The molecule has 0 aliphatic carbocycles. The number of hydrogen-bond acceptors (Lipinski definition) is 5. The van der Waals surface area contributed by atoms with Gasteiger partial charge in [0.1, 0.15) is 11.4 Å². The Labute approximate surface area is 106 Å². The fraction of sp³-hybridized carbons (Fsp3) is 0.385. The molecule has 0 spiro atoms. The van der Waals surface area contributed by atoms with Crippen molar-refractivity contribution < 1.29 is 19.1 Å². The topological polar surface area (TPSA) is 78.6 Å². The van der Waals surface area contributed by atoms with Crippen LogP contribution in [0.2, 0.25) is 0 Å². The van der Waals surface area contributed by atoms with Crippen LogP contribution in [0, 0.1) is 0 Å². The molecule has 1 atom stereocenters. The largest absolute Gasteiger partial charge is 0.458 e. The van der Waals surface area contributed by atoms with Gasteiger partial charge < -0.3 is 15.2 Å². The van der Waals surface area contributed by atoms with Crippen molar-refractivity contribution in [1.29, 1.82) is 0 Å². The van der Waals surface area contributed by atoms with Gasteiger partial charge in [0.25, 0.3) is 0 Å². The first-order valence-corrected chi connectivity index (χ1v) is 5.55. The summed E-state index contributed by atoms with van der Waals surface area (Å²) in [6.07, 6.45) is 0. The van der Waals surface area contributed by atoms with Crippen molar-refractivity contribution >= 4 is 11.9 Å². The minimum atomic E-state index is -1.44. The van der Waals surface area contributed by atoms with Crippen LogP contribution in [-0.4, -0.2) is 23.6 Å². The lowest BCUT2D eigenvalue weighted by atomic mass is 10.2. The van der Waals surface area contributed by atoms with Crippen molar-refractivity contribution in [1.82, 2.24) is 0 Å². The van der Waals surface area contributed by atoms with Crippen molar-refractivity contribution in [2.45, 2.75) is 32.4 Å². The molecule has 0 unspecified atom stereocenters. The maximum absolute atomic E-state index is 11.6. The second-order valence-electron chi connectivity index (χ2n) is 4.75. The molecular weight excluding hydrogens is 234 g/mol. The summed E-state index contributed by atoms with van der Waals surface area (Å²) in [7, 11) is 0. The Morgan fingerprint density at radius 3 is 2.17 bits per heavy atom. The van der Waals surface area contributed by atoms with Crippen LogP contribution in [0.1, 0.15) is 20.8 Å². The van der Waals surface area contributed by atoms with Gasteiger partial charge in [-0.2, -0.15) is 0 Å². The molecule has 0 fully saturated rings. The van der Waals surface area contributed by atoms with E-state index in [1.54, 1.807) is 51.1 Å². The van der Waals surface area contributed by atoms with Gasteiger partial charge in [0.05, 0.1) is 0 Å². The van der Waals surface area contributed by atoms with Gasteiger partial charge in [-0.25, -0.2) is 9.59 Å². The molecule has 0 saturated heterocycles. The average Bonchev–Trinajstić information content (AvgIpc) is 2.27. The Morgan fingerprint density at radius 1 is 1.11 bits per heavy atom. The fourth-order valence-electron chi connectivity index (χ4n) is 1.13. The van der Waals surface area contributed by atoms with Gasteiger partial charge in [-0.05, 0) is 32.9 Å². The zero-order valence-corrected chi connectivity index (χ0v) is 10.7. The highest BCUT2D eigenvalue weighted by Gasteiger charge is 2.29. The highest BCUT2D eigenvalue weighted by atomic mass is 16.6. The number of rotatable bonds is 3. The molecular formula is C13H17NO4. The summed E-state index contributed by atoms with van der Waals surface area (Å²) in [6.45, 7) is 5.08. The molecule has 5 heteroatoms. The van der Waals surface area contributed by atoms with E-state index in [-0.39, 0.29) is 0 Å². The minimum absolute atomic E-state index is 0.335. The molecule has 0 aliphatic heterocycles. The van der Waals surface area contributed by atoms with Crippen LogP contribution < -0.4 is 10.5 Å². The van der Waals surface area contributed by atoms with Crippen molar-refractivity contribution in [2.75, 3.05) is 0 Å². The first-order valence-electron chi connectivity index (χ1n) is 5.55. The number of para-hydroxylation sites is 1. The van der Waals surface area contributed by atoms with Crippen LogP contribution >= 0.6 is 0 Å². The Bertz CT molecular complexity index is 422. The van der Waals surface area contributed by atoms with Gasteiger partial charge in [-0.3, -0.25) is 0 Å². The molecule has 0 saturated carbocycles. The molecule has 5 nitrogen and oxygen atoms in total. The van der Waals surface area contributed by atoms with Gasteiger partial charge in [-0.15, -0.1) is 0 Å². The van der Waals surface area contributed by atoms with Crippen molar-refractivity contribution in [3.05, 3.63) is 30.3 Å². The maximum atomic E-state index is 11.6. The van der Waals surface area contributed by atoms with Gasteiger partial charge in [0.15, 0.2) is 0 Å². The maximum Gasteiger partial charge on any atom is 0.340 e. The van der Waals surface area contributed by atoms with E-state index >= 15 is 0 Å². The number of carbonyl (C=O) groups excluding carboxylic acids is 2. The molecule has 0 radical (unpaired) electrons. The Morgan fingerprint density at radius 2 is 1.67 bits per heavy atom. The lowest BCUT2D eigenvalue weighted by Crippen LogP contribution is -2.45. The molecule has 0 aromatic heterocycles. The summed E-state index contributed by atoms with van der Waals surface area (Å²) in [5, 5.41) is 0. The predicted octanol–water partition coefficient (Wildman–Crippen LogP) is 1.26. The van der Waals surface area contributed by atoms with E-state index in [0.717, 1.165) is 0 Å². The van der Waals surface area contributed by atoms with Crippen molar-refractivity contribution in [3.63, 3.8) is 0 Å². The van der Waals surface area contributed by atoms with Crippen molar-refractivity contribution in [2.24, 2.45) is 5.73 Å². The van der Waals surface area contributed by atoms with Gasteiger partial charge in [-0.1, -0.05) is 18.2 Å². The number of benzene rings is 1. The van der Waals surface area contributed by atoms with Crippen LogP contribution in [-0.2, 0) is 14.3 Å². The summed E-state index contributed by atoms with van der Waals surface area (Å²) in [6, 6.07) is 6.96. The van der Waals surface area contributed by atoms with E-state index < -0.39 is 23.6 Å². The predicted molar refractivity (Wildman–Crippen MR) is 65.9 cm³/mol. The molecule has 2 N–H and O–H groups in total. The minimum Gasteiger partial charge on any atom is -0.458 e. The van der Waals surface area contributed by atoms with E-state index in [4.69, 9.17) is 15.2 Å². The Hall–Kier alpha value is -1.88. The molecule has 98 valence electrons. The summed E-state index contributed by atoms with van der Waals surface area (Å²) < 4.78 is 9.94. The quantitative estimate of drug-likeness (QED) is 0.497. The molecule has 0 heterocycles. The number of nitrogens with two attached hydrogens (primary N) is 1. The molecule has 0 bridgehead atoms. The summed E-state index contributed by atoms with van der Waals surface area (Å²) >= 11 is 0. The van der Waals surface area contributed by atoms with E-state index in [1.807, 2.05) is 0 Å². The molecule has 0 aliphatic rings. The van der Waals surface area contributed by atoms with Gasteiger partial charge in [0.2, 0.25) is 6.04 Å². The number of esters is 2. The zero-order valence-electron chi connectivity index (χ0n) is 10.7. The van der Waals surface area contributed by atoms with E-state index in [1.165, 1.54) is 0 Å². The molecule has 18 heavy (non-hydrogen) atoms. The number of ether oxygens (including phenoxy) is 2. The Kier molecular flexibility index (Phi) is 4.44. The van der Waals surface area contributed by atoms with E-state index in [2.05, 4.69) is 0 Å². The second kappa shape index (κ2) is 5.64. The van der Waals surface area contributed by atoms with E-state index in [9.17, 15) is 9.59 Å². The monoisotopic (exact) mass is 251 g/mol. The third kappa shape index (κ3) is 4.55. The van der Waals surface area contributed by atoms with Crippen LogP contribution in [0.25, 0.3) is 0 Å². The molecule has 1 rings (SSSR count). The molecule has 1 aromatic rings. The van der Waals surface area contributed by atoms with Crippen LogP contribution in [0.5, 0.6) is 5.75 Å². The van der Waals surface area contributed by atoms with Gasteiger partial charge >= 0.3 is 11.9 Å². The van der Waals surface area contributed by atoms with E-state index in [0.29, 0.717) is 5.75 Å². The third-order valence-electron chi connectivity index (χ3n) is 1.88. The average molecular weight is 251 g/mol. The summed E-state index contributed by atoms with van der Waals surface area (Å²) in [5.41, 5.74) is 4.77. The Balaban J connectivity index is 2.59.